The lowest BCUT2D eigenvalue weighted by molar-refractivity contribution is 0.288. The van der Waals surface area contributed by atoms with Crippen molar-refractivity contribution in [2.75, 3.05) is 13.2 Å². The first kappa shape index (κ1) is 12.6. The van der Waals surface area contributed by atoms with Gasteiger partial charge in [-0.2, -0.15) is 0 Å². The molecule has 0 aliphatic rings. The average Bonchev–Trinajstić information content (AvgIpc) is 2.09. The lowest BCUT2D eigenvalue weighted by atomic mass is 10.5. The van der Waals surface area contributed by atoms with Crippen LogP contribution in [0.1, 0.15) is 6.42 Å². The van der Waals surface area contributed by atoms with Crippen LogP contribution in [0.15, 0.2) is 16.9 Å². The molecule has 2 N–H and O–H groups in total. The number of halogens is 2. The van der Waals surface area contributed by atoms with Gasteiger partial charge < -0.3 is 10.5 Å². The topological polar surface area (TPSA) is 61.0 Å². The summed E-state index contributed by atoms with van der Waals surface area (Å²) in [6.45, 7) is 1.19. The standard InChI is InChI=1S/C7H10BrN3O.ClH/c8-6-4-10-7(11-5-6)12-3-1-2-9;/h4-5H,1-3,9H2;1H. The molecule has 4 nitrogen and oxygen atoms in total. The minimum absolute atomic E-state index is 0. The van der Waals surface area contributed by atoms with Crippen LogP contribution in [-0.4, -0.2) is 23.1 Å². The molecule has 1 heterocycles. The molecule has 0 fully saturated rings. The zero-order valence-electron chi connectivity index (χ0n) is 6.94. The van der Waals surface area contributed by atoms with Gasteiger partial charge in [-0.25, -0.2) is 9.97 Å². The first-order valence-electron chi connectivity index (χ1n) is 3.63. The van der Waals surface area contributed by atoms with Crippen LogP contribution >= 0.6 is 28.3 Å². The average molecular weight is 269 g/mol. The minimum Gasteiger partial charge on any atom is -0.463 e. The Hall–Kier alpha value is -0.390. The molecule has 0 spiro atoms. The summed E-state index contributed by atoms with van der Waals surface area (Å²) in [5.41, 5.74) is 5.29. The molecule has 74 valence electrons. The van der Waals surface area contributed by atoms with Crippen molar-refractivity contribution in [2.45, 2.75) is 6.42 Å². The highest BCUT2D eigenvalue weighted by atomic mass is 79.9. The second-order valence-electron chi connectivity index (χ2n) is 2.17. The van der Waals surface area contributed by atoms with E-state index in [0.717, 1.165) is 10.9 Å². The summed E-state index contributed by atoms with van der Waals surface area (Å²) in [5, 5.41) is 0. The highest BCUT2D eigenvalue weighted by molar-refractivity contribution is 9.10. The molecule has 1 aromatic rings. The molecule has 0 aromatic carbocycles. The smallest absolute Gasteiger partial charge is 0.316 e. The van der Waals surface area contributed by atoms with E-state index in [1.54, 1.807) is 12.4 Å². The van der Waals surface area contributed by atoms with Crippen LogP contribution in [-0.2, 0) is 0 Å². The van der Waals surface area contributed by atoms with Crippen molar-refractivity contribution in [3.63, 3.8) is 0 Å². The molecule has 0 saturated heterocycles. The molecule has 0 saturated carbocycles. The number of nitrogens with zero attached hydrogens (tertiary/aromatic N) is 2. The van der Waals surface area contributed by atoms with Gasteiger partial charge in [0.2, 0.25) is 0 Å². The monoisotopic (exact) mass is 267 g/mol. The van der Waals surface area contributed by atoms with E-state index in [-0.39, 0.29) is 12.4 Å². The first-order chi connectivity index (χ1) is 5.83. The maximum atomic E-state index is 5.29. The summed E-state index contributed by atoms with van der Waals surface area (Å²) < 4.78 is 6.02. The van der Waals surface area contributed by atoms with Crippen molar-refractivity contribution in [3.05, 3.63) is 16.9 Å². The van der Waals surface area contributed by atoms with Crippen molar-refractivity contribution < 1.29 is 4.74 Å². The van der Waals surface area contributed by atoms with Gasteiger partial charge in [0.15, 0.2) is 0 Å². The summed E-state index contributed by atoms with van der Waals surface area (Å²) in [4.78, 5) is 7.86. The Morgan fingerprint density at radius 3 is 2.54 bits per heavy atom. The minimum atomic E-state index is 0. The van der Waals surface area contributed by atoms with Crippen molar-refractivity contribution in [1.82, 2.24) is 9.97 Å². The first-order valence-corrected chi connectivity index (χ1v) is 4.42. The number of nitrogens with two attached hydrogens (primary N) is 1. The van der Waals surface area contributed by atoms with Gasteiger partial charge >= 0.3 is 6.01 Å². The fourth-order valence-corrected chi connectivity index (χ4v) is 0.827. The Morgan fingerprint density at radius 1 is 1.38 bits per heavy atom. The summed E-state index contributed by atoms with van der Waals surface area (Å²) in [6.07, 6.45) is 4.11. The third kappa shape index (κ3) is 5.02. The summed E-state index contributed by atoms with van der Waals surface area (Å²) in [7, 11) is 0. The zero-order valence-corrected chi connectivity index (χ0v) is 9.34. The summed E-state index contributed by atoms with van der Waals surface area (Å²) in [5.74, 6) is 0. The Morgan fingerprint density at radius 2 is 2.00 bits per heavy atom. The second-order valence-corrected chi connectivity index (χ2v) is 3.09. The molecule has 0 atom stereocenters. The molecule has 6 heteroatoms. The second kappa shape index (κ2) is 7.06. The van der Waals surface area contributed by atoms with Crippen LogP contribution in [0.3, 0.4) is 0 Å². The Labute approximate surface area is 91.4 Å². The van der Waals surface area contributed by atoms with Crippen molar-refractivity contribution in [1.29, 1.82) is 0 Å². The molecule has 0 bridgehead atoms. The van der Waals surface area contributed by atoms with Gasteiger partial charge in [-0.3, -0.25) is 0 Å². The zero-order chi connectivity index (χ0) is 8.81. The largest absolute Gasteiger partial charge is 0.463 e. The number of hydrogen-bond acceptors (Lipinski definition) is 4. The van der Waals surface area contributed by atoms with Crippen LogP contribution in [0.25, 0.3) is 0 Å². The molecule has 0 aliphatic carbocycles. The molecule has 1 aromatic heterocycles. The Kier molecular flexibility index (Phi) is 6.84. The fourth-order valence-electron chi connectivity index (χ4n) is 0.622. The number of hydrogen-bond donors (Lipinski definition) is 1. The van der Waals surface area contributed by atoms with Crippen LogP contribution in [0.4, 0.5) is 0 Å². The van der Waals surface area contributed by atoms with Crippen LogP contribution in [0, 0.1) is 0 Å². The number of aromatic nitrogens is 2. The van der Waals surface area contributed by atoms with E-state index in [9.17, 15) is 0 Å². The fraction of sp³-hybridized carbons (Fsp3) is 0.429. The quantitative estimate of drug-likeness (QED) is 0.838. The molecule has 0 aliphatic heterocycles. The molecule has 0 unspecified atom stereocenters. The Balaban J connectivity index is 0.00000144. The predicted molar refractivity (Wildman–Crippen MR) is 56.1 cm³/mol. The van der Waals surface area contributed by atoms with E-state index in [1.165, 1.54) is 0 Å². The van der Waals surface area contributed by atoms with Gasteiger partial charge in [0.25, 0.3) is 0 Å². The van der Waals surface area contributed by atoms with E-state index in [4.69, 9.17) is 10.5 Å². The maximum absolute atomic E-state index is 5.29. The normalized spacial score (nSPS) is 9.08. The molecule has 13 heavy (non-hydrogen) atoms. The van der Waals surface area contributed by atoms with Gasteiger partial charge in [-0.05, 0) is 28.9 Å². The number of ether oxygens (including phenoxy) is 1. The van der Waals surface area contributed by atoms with Gasteiger partial charge in [-0.15, -0.1) is 12.4 Å². The lowest BCUT2D eigenvalue weighted by Gasteiger charge is -2.01. The number of rotatable bonds is 4. The van der Waals surface area contributed by atoms with Gasteiger partial charge in [0.1, 0.15) is 0 Å². The molecular formula is C7H11BrClN3O. The van der Waals surface area contributed by atoms with Crippen molar-refractivity contribution in [2.24, 2.45) is 5.73 Å². The molecule has 0 radical (unpaired) electrons. The van der Waals surface area contributed by atoms with Crippen LogP contribution < -0.4 is 10.5 Å². The highest BCUT2D eigenvalue weighted by Crippen LogP contribution is 2.07. The lowest BCUT2D eigenvalue weighted by Crippen LogP contribution is -2.07. The van der Waals surface area contributed by atoms with E-state index in [1.807, 2.05) is 0 Å². The van der Waals surface area contributed by atoms with Gasteiger partial charge in [0, 0.05) is 12.4 Å². The molecular weight excluding hydrogens is 257 g/mol. The van der Waals surface area contributed by atoms with E-state index in [0.29, 0.717) is 19.2 Å². The predicted octanol–water partition coefficient (Wildman–Crippen LogP) is 1.39. The third-order valence-corrected chi connectivity index (χ3v) is 1.59. The SMILES string of the molecule is Cl.NCCCOc1ncc(Br)cn1. The van der Waals surface area contributed by atoms with Crippen LogP contribution in [0.5, 0.6) is 6.01 Å². The summed E-state index contributed by atoms with van der Waals surface area (Å²) in [6, 6.07) is 0.395. The van der Waals surface area contributed by atoms with E-state index >= 15 is 0 Å². The Bertz CT molecular complexity index is 232. The van der Waals surface area contributed by atoms with Gasteiger partial charge in [0.05, 0.1) is 11.1 Å². The van der Waals surface area contributed by atoms with Crippen molar-refractivity contribution >= 4 is 28.3 Å². The van der Waals surface area contributed by atoms with E-state index < -0.39 is 0 Å². The maximum Gasteiger partial charge on any atom is 0.316 e. The summed E-state index contributed by atoms with van der Waals surface area (Å²) >= 11 is 3.23. The van der Waals surface area contributed by atoms with E-state index in [2.05, 4.69) is 25.9 Å². The van der Waals surface area contributed by atoms with Crippen molar-refractivity contribution in [3.8, 4) is 6.01 Å². The molecule has 0 amide bonds. The van der Waals surface area contributed by atoms with Gasteiger partial charge in [-0.1, -0.05) is 0 Å². The third-order valence-electron chi connectivity index (χ3n) is 1.18. The highest BCUT2D eigenvalue weighted by Gasteiger charge is 1.95. The van der Waals surface area contributed by atoms with Crippen LogP contribution in [0.2, 0.25) is 0 Å². The molecule has 1 rings (SSSR count).